The van der Waals surface area contributed by atoms with Crippen LogP contribution < -0.4 is 22.6 Å². The van der Waals surface area contributed by atoms with Gasteiger partial charge >= 0.3 is 5.97 Å². The second kappa shape index (κ2) is 17.3. The van der Waals surface area contributed by atoms with E-state index in [0.29, 0.717) is 13.0 Å². The molecule has 168 valence electrons. The van der Waals surface area contributed by atoms with E-state index in [1.54, 1.807) is 11.8 Å². The van der Waals surface area contributed by atoms with Crippen LogP contribution in [-0.4, -0.2) is 77.7 Å². The first kappa shape index (κ1) is 29.7. The monoisotopic (exact) mass is 442 g/mol. The summed E-state index contributed by atoms with van der Waals surface area (Å²) < 4.78 is 15.7. The summed E-state index contributed by atoms with van der Waals surface area (Å²) in [6, 6.07) is 0. The van der Waals surface area contributed by atoms with Crippen molar-refractivity contribution < 1.29 is 41.1 Å². The Labute approximate surface area is 181 Å². The van der Waals surface area contributed by atoms with Crippen LogP contribution in [0, 0.1) is 11.3 Å². The molecule has 0 aliphatic heterocycles. The van der Waals surface area contributed by atoms with Crippen LogP contribution in [0.5, 0.6) is 0 Å². The molecule has 2 atom stereocenters. The molecule has 0 heterocycles. The van der Waals surface area contributed by atoms with Crippen LogP contribution in [0.2, 0.25) is 0 Å². The molecular weight excluding hydrogens is 404 g/mol. The van der Waals surface area contributed by atoms with Gasteiger partial charge in [0.25, 0.3) is 0 Å². The summed E-state index contributed by atoms with van der Waals surface area (Å²) in [6.45, 7) is 8.46. The lowest BCUT2D eigenvalue weighted by Gasteiger charge is -2.24. The van der Waals surface area contributed by atoms with Gasteiger partial charge in [-0.2, -0.15) is 11.8 Å². The maximum absolute atomic E-state index is 12.0. The molecule has 0 saturated carbocycles. The number of quaternary nitrogens is 1. The van der Waals surface area contributed by atoms with Crippen molar-refractivity contribution in [3.8, 4) is 0 Å². The van der Waals surface area contributed by atoms with Crippen molar-refractivity contribution in [3.05, 3.63) is 0 Å². The predicted molar refractivity (Wildman–Crippen MR) is 109 cm³/mol. The highest BCUT2D eigenvalue weighted by Gasteiger charge is 2.32. The molecular formula is C19H39ClN2O5S. The first-order chi connectivity index (χ1) is 12.8. The van der Waals surface area contributed by atoms with Gasteiger partial charge < -0.3 is 36.8 Å². The van der Waals surface area contributed by atoms with Crippen LogP contribution in [0.15, 0.2) is 0 Å². The molecule has 2 unspecified atom stereocenters. The highest BCUT2D eigenvalue weighted by atomic mass is 35.5. The Kier molecular flexibility index (Phi) is 18.4. The largest absolute Gasteiger partial charge is 1.00 e. The average Bonchev–Trinajstić information content (AvgIpc) is 2.65. The Bertz CT molecular complexity index is 429. The van der Waals surface area contributed by atoms with E-state index < -0.39 is 5.41 Å². The first-order valence-electron chi connectivity index (χ1n) is 9.65. The zero-order valence-corrected chi connectivity index (χ0v) is 19.8. The van der Waals surface area contributed by atoms with Gasteiger partial charge in [0.15, 0.2) is 0 Å². The number of amides is 1. The first-order valence-corrected chi connectivity index (χ1v) is 10.8. The maximum atomic E-state index is 12.0. The number of carbonyl (C=O) groups excluding carboxylic acids is 2. The molecule has 0 fully saturated rings. The summed E-state index contributed by atoms with van der Waals surface area (Å²) in [4.78, 5) is 25.1. The van der Waals surface area contributed by atoms with Gasteiger partial charge in [0.05, 0.1) is 46.4 Å². The molecule has 0 saturated heterocycles. The van der Waals surface area contributed by atoms with E-state index in [4.69, 9.17) is 14.2 Å². The van der Waals surface area contributed by atoms with E-state index in [1.807, 2.05) is 20.8 Å². The number of esters is 1. The number of methoxy groups -OCH3 is 1. The van der Waals surface area contributed by atoms with Crippen molar-refractivity contribution >= 4 is 23.6 Å². The van der Waals surface area contributed by atoms with Crippen molar-refractivity contribution in [3.63, 3.8) is 0 Å². The summed E-state index contributed by atoms with van der Waals surface area (Å²) in [7, 11) is 5.60. The van der Waals surface area contributed by atoms with E-state index in [2.05, 4.69) is 19.4 Å². The van der Waals surface area contributed by atoms with E-state index in [-0.39, 0.29) is 43.6 Å². The molecule has 9 heteroatoms. The molecule has 0 bridgehead atoms. The quantitative estimate of drug-likeness (QED) is 0.157. The smallest absolute Gasteiger partial charge is 0.313 e. The molecule has 0 aliphatic rings. The van der Waals surface area contributed by atoms with Crippen LogP contribution in [0.25, 0.3) is 0 Å². The number of carbonyl (C=O) groups is 2. The number of hydrogen-bond donors (Lipinski definition) is 2. The normalized spacial score (nSPS) is 14.1. The van der Waals surface area contributed by atoms with Crippen molar-refractivity contribution in [2.75, 3.05) is 65.8 Å². The molecule has 0 spiro atoms. The lowest BCUT2D eigenvalue weighted by molar-refractivity contribution is -0.858. The Hall–Kier alpha value is -0.540. The minimum Gasteiger partial charge on any atom is -1.00 e. The van der Waals surface area contributed by atoms with Gasteiger partial charge in [-0.15, -0.1) is 0 Å². The summed E-state index contributed by atoms with van der Waals surface area (Å²) in [5.74, 6) is 1.40. The topological polar surface area (TPSA) is 78.3 Å². The molecule has 0 aromatic heterocycles. The second-order valence-electron chi connectivity index (χ2n) is 7.36. The Morgan fingerprint density at radius 1 is 1.25 bits per heavy atom. The molecule has 0 aliphatic carbocycles. The van der Waals surface area contributed by atoms with Gasteiger partial charge in [-0.05, 0) is 13.3 Å². The third-order valence-corrected chi connectivity index (χ3v) is 5.58. The molecule has 1 amide bonds. The minimum atomic E-state index is -0.635. The van der Waals surface area contributed by atoms with Crippen LogP contribution in [0.4, 0.5) is 0 Å². The van der Waals surface area contributed by atoms with Crippen molar-refractivity contribution in [1.29, 1.82) is 0 Å². The molecule has 28 heavy (non-hydrogen) atoms. The third-order valence-electron chi connectivity index (χ3n) is 4.39. The van der Waals surface area contributed by atoms with Gasteiger partial charge in [-0.25, -0.2) is 0 Å². The molecule has 2 N–H and O–H groups in total. The van der Waals surface area contributed by atoms with E-state index in [0.717, 1.165) is 31.0 Å². The van der Waals surface area contributed by atoms with Gasteiger partial charge in [0, 0.05) is 30.4 Å². The molecule has 0 radical (unpaired) electrons. The van der Waals surface area contributed by atoms with Crippen LogP contribution >= 0.6 is 11.8 Å². The lowest BCUT2D eigenvalue weighted by Crippen LogP contribution is -3.05. The van der Waals surface area contributed by atoms with Crippen molar-refractivity contribution in [2.24, 2.45) is 11.3 Å². The predicted octanol–water partition coefficient (Wildman–Crippen LogP) is -2.41. The lowest BCUT2D eigenvalue weighted by atomic mass is 9.89. The fourth-order valence-electron chi connectivity index (χ4n) is 2.22. The summed E-state index contributed by atoms with van der Waals surface area (Å²) in [6.07, 6.45) is 1.64. The summed E-state index contributed by atoms with van der Waals surface area (Å²) in [5, 5.41) is 2.99. The van der Waals surface area contributed by atoms with E-state index in [1.165, 1.54) is 12.0 Å². The van der Waals surface area contributed by atoms with Crippen molar-refractivity contribution in [1.82, 2.24) is 5.32 Å². The fraction of sp³-hybridized carbons (Fsp3) is 0.895. The van der Waals surface area contributed by atoms with Gasteiger partial charge in [-0.3, -0.25) is 9.59 Å². The molecule has 0 rings (SSSR count). The zero-order chi connectivity index (χ0) is 20.7. The van der Waals surface area contributed by atoms with E-state index in [9.17, 15) is 9.59 Å². The number of rotatable bonds is 16. The third kappa shape index (κ3) is 13.6. The number of ether oxygens (including phenoxy) is 3. The number of nitrogens with one attached hydrogen (secondary N) is 2. The Morgan fingerprint density at radius 3 is 2.50 bits per heavy atom. The Morgan fingerprint density at radius 2 is 1.93 bits per heavy atom. The summed E-state index contributed by atoms with van der Waals surface area (Å²) in [5.41, 5.74) is -0.635. The second-order valence-corrected chi connectivity index (χ2v) is 8.51. The summed E-state index contributed by atoms with van der Waals surface area (Å²) >= 11 is 1.69. The number of hydrogen-bond acceptors (Lipinski definition) is 6. The highest BCUT2D eigenvalue weighted by molar-refractivity contribution is 7.99. The van der Waals surface area contributed by atoms with Crippen LogP contribution in [-0.2, 0) is 23.8 Å². The van der Waals surface area contributed by atoms with Gasteiger partial charge in [-0.1, -0.05) is 13.8 Å². The fourth-order valence-corrected chi connectivity index (χ4v) is 3.13. The highest BCUT2D eigenvalue weighted by Crippen LogP contribution is 2.23. The standard InChI is InChI=1S/C19H38N2O5S.ClH/c1-7-19(3,18(23)24-6)14-26-15-25-11-12-27-13-16(2)17(22)20-9-8-10-21(4)5;/h16H,7-15H2,1-6H3,(H,20,22);1H. The van der Waals surface area contributed by atoms with Gasteiger partial charge in [0.2, 0.25) is 5.91 Å². The van der Waals surface area contributed by atoms with Gasteiger partial charge in [0.1, 0.15) is 6.79 Å². The minimum absolute atomic E-state index is 0. The Balaban J connectivity index is 0. The van der Waals surface area contributed by atoms with Crippen molar-refractivity contribution in [2.45, 2.75) is 33.6 Å². The number of thioether (sulfide) groups is 1. The maximum Gasteiger partial charge on any atom is 0.313 e. The average molecular weight is 443 g/mol. The number of halogens is 1. The SMILES string of the molecule is CCC(C)(COCOCCSCC(C)C(=O)NCCC[NH+](C)C)C(=O)OC.[Cl-]. The molecule has 7 nitrogen and oxygen atoms in total. The van der Waals surface area contributed by atoms with Crippen LogP contribution in [0.3, 0.4) is 0 Å². The molecule has 0 aromatic carbocycles. The zero-order valence-electron chi connectivity index (χ0n) is 18.3. The van der Waals surface area contributed by atoms with E-state index >= 15 is 0 Å². The molecule has 0 aromatic rings. The van der Waals surface area contributed by atoms with Crippen LogP contribution in [0.1, 0.15) is 33.6 Å².